The van der Waals surface area contributed by atoms with Crippen molar-refractivity contribution in [3.05, 3.63) is 23.5 Å². The van der Waals surface area contributed by atoms with E-state index in [-0.39, 0.29) is 0 Å². The van der Waals surface area contributed by atoms with Crippen molar-refractivity contribution in [2.45, 2.75) is 32.2 Å². The summed E-state index contributed by atoms with van der Waals surface area (Å²) in [5.41, 5.74) is 1.91. The molecule has 4 rings (SSSR count). The van der Waals surface area contributed by atoms with Crippen molar-refractivity contribution in [3.63, 3.8) is 0 Å². The number of nitrogens with one attached hydrogen (secondary N) is 1. The number of aromatic nitrogens is 1. The van der Waals surface area contributed by atoms with Gasteiger partial charge in [-0.15, -0.1) is 0 Å². The Hall–Kier alpha value is -1.58. The SMILES string of the molecule is Cc1cc(NC2C3C4CCC(C4)C23)c(C(=O)O)cn1. The van der Waals surface area contributed by atoms with Gasteiger partial charge in [0.2, 0.25) is 0 Å². The predicted octanol–water partition coefficient (Wildman–Crippen LogP) is 2.54. The summed E-state index contributed by atoms with van der Waals surface area (Å²) in [6, 6.07) is 2.37. The quantitative estimate of drug-likeness (QED) is 0.874. The number of hydrogen-bond donors (Lipinski definition) is 2. The van der Waals surface area contributed by atoms with Gasteiger partial charge in [-0.1, -0.05) is 0 Å². The molecule has 19 heavy (non-hydrogen) atoms. The van der Waals surface area contributed by atoms with Crippen LogP contribution in [0.5, 0.6) is 0 Å². The molecule has 4 heteroatoms. The van der Waals surface area contributed by atoms with E-state index in [1.165, 1.54) is 25.5 Å². The molecular weight excluding hydrogens is 240 g/mol. The van der Waals surface area contributed by atoms with Gasteiger partial charge < -0.3 is 10.4 Å². The molecule has 1 aromatic heterocycles. The molecule has 2 N–H and O–H groups in total. The minimum Gasteiger partial charge on any atom is -0.478 e. The lowest BCUT2D eigenvalue weighted by molar-refractivity contribution is 0.0697. The highest BCUT2D eigenvalue weighted by molar-refractivity contribution is 5.94. The molecule has 2 bridgehead atoms. The zero-order valence-electron chi connectivity index (χ0n) is 11.0. The second-order valence-electron chi connectivity index (χ2n) is 6.33. The van der Waals surface area contributed by atoms with Gasteiger partial charge >= 0.3 is 5.97 Å². The number of carboxylic acids is 1. The minimum atomic E-state index is -0.899. The maximum Gasteiger partial charge on any atom is 0.339 e. The van der Waals surface area contributed by atoms with E-state index in [2.05, 4.69) is 10.3 Å². The molecule has 3 aliphatic carbocycles. The first-order chi connectivity index (χ1) is 9.15. The van der Waals surface area contributed by atoms with Crippen LogP contribution in [0.15, 0.2) is 12.3 Å². The topological polar surface area (TPSA) is 62.2 Å². The van der Waals surface area contributed by atoms with Gasteiger partial charge in [0.05, 0.1) is 5.69 Å². The molecule has 0 spiro atoms. The summed E-state index contributed by atoms with van der Waals surface area (Å²) in [4.78, 5) is 15.3. The number of carboxylic acid groups (broad SMARTS) is 1. The number of carbonyl (C=O) groups is 1. The van der Waals surface area contributed by atoms with Crippen LogP contribution in [0.25, 0.3) is 0 Å². The van der Waals surface area contributed by atoms with E-state index in [0.29, 0.717) is 11.6 Å². The molecule has 100 valence electrons. The van der Waals surface area contributed by atoms with Gasteiger partial charge in [0.15, 0.2) is 0 Å². The van der Waals surface area contributed by atoms with E-state index in [9.17, 15) is 9.90 Å². The largest absolute Gasteiger partial charge is 0.478 e. The fourth-order valence-electron chi connectivity index (χ4n) is 4.55. The van der Waals surface area contributed by atoms with Gasteiger partial charge in [0.25, 0.3) is 0 Å². The summed E-state index contributed by atoms with van der Waals surface area (Å²) in [6.45, 7) is 1.90. The van der Waals surface area contributed by atoms with Crippen LogP contribution in [-0.4, -0.2) is 22.1 Å². The van der Waals surface area contributed by atoms with E-state index in [4.69, 9.17) is 0 Å². The Morgan fingerprint density at radius 3 is 2.68 bits per heavy atom. The first kappa shape index (κ1) is 11.3. The van der Waals surface area contributed by atoms with Gasteiger partial charge in [-0.2, -0.15) is 0 Å². The molecule has 3 fully saturated rings. The molecule has 0 saturated heterocycles. The Labute approximate surface area is 112 Å². The highest BCUT2D eigenvalue weighted by Gasteiger charge is 2.65. The van der Waals surface area contributed by atoms with Crippen LogP contribution in [0, 0.1) is 30.6 Å². The average molecular weight is 258 g/mol. The van der Waals surface area contributed by atoms with Crippen LogP contribution in [-0.2, 0) is 0 Å². The zero-order valence-corrected chi connectivity index (χ0v) is 11.0. The van der Waals surface area contributed by atoms with Gasteiger partial charge in [-0.05, 0) is 55.9 Å². The smallest absolute Gasteiger partial charge is 0.339 e. The van der Waals surface area contributed by atoms with Crippen molar-refractivity contribution in [1.29, 1.82) is 0 Å². The fourth-order valence-corrected chi connectivity index (χ4v) is 4.55. The van der Waals surface area contributed by atoms with Crippen molar-refractivity contribution in [1.82, 2.24) is 4.98 Å². The molecule has 1 heterocycles. The summed E-state index contributed by atoms with van der Waals surface area (Å²) in [5.74, 6) is 2.49. The number of hydrogen-bond acceptors (Lipinski definition) is 3. The normalized spacial score (nSPS) is 38.1. The van der Waals surface area contributed by atoms with Crippen LogP contribution < -0.4 is 5.32 Å². The van der Waals surface area contributed by atoms with Crippen LogP contribution in [0.3, 0.4) is 0 Å². The maximum absolute atomic E-state index is 11.2. The lowest BCUT2D eigenvalue weighted by Crippen LogP contribution is -2.15. The van der Waals surface area contributed by atoms with Crippen molar-refractivity contribution in [2.75, 3.05) is 5.32 Å². The Kier molecular flexibility index (Phi) is 2.20. The molecule has 4 nitrogen and oxygen atoms in total. The maximum atomic E-state index is 11.2. The number of nitrogens with zero attached hydrogens (tertiary/aromatic N) is 1. The molecule has 0 aromatic carbocycles. The summed E-state index contributed by atoms with van der Waals surface area (Å²) in [7, 11) is 0. The van der Waals surface area contributed by atoms with E-state index in [0.717, 1.165) is 35.1 Å². The highest BCUT2D eigenvalue weighted by Crippen LogP contribution is 2.66. The molecule has 0 radical (unpaired) electrons. The second kappa shape index (κ2) is 3.71. The number of fused-ring (bicyclic) bond motifs is 5. The van der Waals surface area contributed by atoms with Crippen molar-refractivity contribution in [3.8, 4) is 0 Å². The van der Waals surface area contributed by atoms with Crippen molar-refractivity contribution < 1.29 is 9.90 Å². The van der Waals surface area contributed by atoms with Crippen LogP contribution in [0.4, 0.5) is 5.69 Å². The summed E-state index contributed by atoms with van der Waals surface area (Å²) >= 11 is 0. The van der Waals surface area contributed by atoms with Crippen molar-refractivity contribution in [2.24, 2.45) is 23.7 Å². The Balaban J connectivity index is 1.58. The highest BCUT2D eigenvalue weighted by atomic mass is 16.4. The number of aryl methyl sites for hydroxylation is 1. The zero-order chi connectivity index (χ0) is 13.1. The molecule has 1 aromatic rings. The third-order valence-electron chi connectivity index (χ3n) is 5.33. The first-order valence-electron chi connectivity index (χ1n) is 7.11. The molecule has 3 saturated carbocycles. The van der Waals surface area contributed by atoms with E-state index in [1.807, 2.05) is 13.0 Å². The number of anilines is 1. The predicted molar refractivity (Wildman–Crippen MR) is 71.2 cm³/mol. The third kappa shape index (κ3) is 1.58. The Morgan fingerprint density at radius 1 is 1.37 bits per heavy atom. The monoisotopic (exact) mass is 258 g/mol. The summed E-state index contributed by atoms with van der Waals surface area (Å²) < 4.78 is 0. The minimum absolute atomic E-state index is 0.294. The van der Waals surface area contributed by atoms with E-state index in [1.54, 1.807) is 0 Å². The molecule has 0 aliphatic heterocycles. The van der Waals surface area contributed by atoms with E-state index >= 15 is 0 Å². The summed E-state index contributed by atoms with van der Waals surface area (Å²) in [6.07, 6.45) is 5.64. The number of aromatic carboxylic acids is 1. The lowest BCUT2D eigenvalue weighted by atomic mass is 10.0. The number of rotatable bonds is 3. The lowest BCUT2D eigenvalue weighted by Gasteiger charge is -2.14. The third-order valence-corrected chi connectivity index (χ3v) is 5.33. The average Bonchev–Trinajstić information content (AvgIpc) is 2.78. The first-order valence-corrected chi connectivity index (χ1v) is 7.11. The van der Waals surface area contributed by atoms with Crippen molar-refractivity contribution >= 4 is 11.7 Å². The standard InChI is InChI=1S/C15H18N2O2/c1-7-4-11(10(6-16-7)15(18)19)17-14-12-8-2-3-9(5-8)13(12)14/h4,6,8-9,12-14H,2-3,5H2,1H3,(H,16,17)(H,18,19). The van der Waals surface area contributed by atoms with E-state index < -0.39 is 5.97 Å². The van der Waals surface area contributed by atoms with Crippen LogP contribution in [0.2, 0.25) is 0 Å². The summed E-state index contributed by atoms with van der Waals surface area (Å²) in [5, 5.41) is 12.7. The van der Waals surface area contributed by atoms with Gasteiger partial charge in [-0.3, -0.25) is 4.98 Å². The van der Waals surface area contributed by atoms with Gasteiger partial charge in [-0.25, -0.2) is 4.79 Å². The molecule has 3 aliphatic rings. The fraction of sp³-hybridized carbons (Fsp3) is 0.600. The molecular formula is C15H18N2O2. The van der Waals surface area contributed by atoms with Crippen LogP contribution >= 0.6 is 0 Å². The second-order valence-corrected chi connectivity index (χ2v) is 6.33. The van der Waals surface area contributed by atoms with Gasteiger partial charge in [0, 0.05) is 17.9 Å². The molecule has 4 atom stereocenters. The number of pyridine rings is 1. The Morgan fingerprint density at radius 2 is 2.05 bits per heavy atom. The Bertz CT molecular complexity index is 541. The molecule has 4 unspecified atom stereocenters. The molecule has 0 amide bonds. The van der Waals surface area contributed by atoms with Crippen LogP contribution in [0.1, 0.15) is 35.3 Å². The van der Waals surface area contributed by atoms with Gasteiger partial charge in [0.1, 0.15) is 5.56 Å².